The monoisotopic (exact) mass is 302 g/mol. The quantitative estimate of drug-likeness (QED) is 0.835. The van der Waals surface area contributed by atoms with Gasteiger partial charge in [-0.05, 0) is 18.6 Å². The van der Waals surface area contributed by atoms with Gasteiger partial charge < -0.3 is 5.11 Å². The van der Waals surface area contributed by atoms with Crippen molar-refractivity contribution in [3.05, 3.63) is 34.6 Å². The molecule has 0 fully saturated rings. The number of amides is 1. The van der Waals surface area contributed by atoms with Crippen LogP contribution in [0.2, 0.25) is 0 Å². The molecule has 0 atom stereocenters. The third kappa shape index (κ3) is 4.08. The molecule has 108 valence electrons. The van der Waals surface area contributed by atoms with E-state index in [0.29, 0.717) is 17.1 Å². The van der Waals surface area contributed by atoms with Gasteiger partial charge in [-0.15, -0.1) is 10.2 Å². The highest BCUT2D eigenvalue weighted by atomic mass is 32.1. The Kier molecular flexibility index (Phi) is 5.37. The Labute approximate surface area is 126 Å². The van der Waals surface area contributed by atoms with E-state index in [0.717, 1.165) is 11.4 Å². The highest BCUT2D eigenvalue weighted by Gasteiger charge is 2.14. The Hall–Kier alpha value is -2.30. The van der Waals surface area contributed by atoms with Crippen LogP contribution in [0.15, 0.2) is 18.3 Å². The molecule has 2 aromatic rings. The Morgan fingerprint density at radius 2 is 2.33 bits per heavy atom. The van der Waals surface area contributed by atoms with Crippen molar-refractivity contribution in [3.63, 3.8) is 0 Å². The van der Waals surface area contributed by atoms with E-state index < -0.39 is 0 Å². The number of anilines is 1. The highest BCUT2D eigenvalue weighted by Crippen LogP contribution is 2.16. The predicted molar refractivity (Wildman–Crippen MR) is 80.1 cm³/mol. The van der Waals surface area contributed by atoms with Gasteiger partial charge in [-0.3, -0.25) is 10.1 Å². The molecule has 0 radical (unpaired) electrons. The molecule has 2 rings (SSSR count). The summed E-state index contributed by atoms with van der Waals surface area (Å²) in [5, 5.41) is 20.5. The minimum absolute atomic E-state index is 0.0145. The first-order chi connectivity index (χ1) is 10.2. The largest absolute Gasteiger partial charge is 0.395 e. The fourth-order valence-electron chi connectivity index (χ4n) is 1.50. The van der Waals surface area contributed by atoms with E-state index in [1.165, 1.54) is 17.5 Å². The first-order valence-corrected chi connectivity index (χ1v) is 7.24. The maximum absolute atomic E-state index is 12.2. The molecule has 7 heteroatoms. The molecule has 0 aliphatic rings. The normalized spacial score (nSPS) is 9.81. The molecule has 0 spiro atoms. The molecule has 0 bridgehead atoms. The Morgan fingerprint density at radius 1 is 1.48 bits per heavy atom. The summed E-state index contributed by atoms with van der Waals surface area (Å²) in [6.07, 6.45) is 2.66. The summed E-state index contributed by atoms with van der Waals surface area (Å²) in [5.41, 5.74) is 0.750. The number of aryl methyl sites for hydroxylation is 1. The van der Waals surface area contributed by atoms with E-state index in [4.69, 9.17) is 5.11 Å². The predicted octanol–water partition coefficient (Wildman–Crippen LogP) is 1.48. The zero-order chi connectivity index (χ0) is 15.1. The third-order valence-electron chi connectivity index (χ3n) is 2.47. The first-order valence-electron chi connectivity index (χ1n) is 6.43. The van der Waals surface area contributed by atoms with Gasteiger partial charge in [0.1, 0.15) is 10.7 Å². The number of hydrogen-bond donors (Lipinski definition) is 2. The van der Waals surface area contributed by atoms with Gasteiger partial charge in [0.05, 0.1) is 12.2 Å². The molecule has 0 aliphatic carbocycles. The van der Waals surface area contributed by atoms with Gasteiger partial charge in [-0.2, -0.15) is 0 Å². The fraction of sp³-hybridized carbons (Fsp3) is 0.286. The Balaban J connectivity index is 2.17. The number of hydrogen-bond acceptors (Lipinski definition) is 6. The van der Waals surface area contributed by atoms with Crippen molar-refractivity contribution in [2.45, 2.75) is 19.8 Å². The van der Waals surface area contributed by atoms with E-state index >= 15 is 0 Å². The zero-order valence-electron chi connectivity index (χ0n) is 11.5. The van der Waals surface area contributed by atoms with E-state index in [1.807, 2.05) is 6.92 Å². The second kappa shape index (κ2) is 7.47. The van der Waals surface area contributed by atoms with Crippen LogP contribution >= 0.6 is 11.3 Å². The van der Waals surface area contributed by atoms with Crippen molar-refractivity contribution in [3.8, 4) is 11.8 Å². The number of carbonyl (C=O) groups excluding carboxylic acids is 1. The van der Waals surface area contributed by atoms with Crippen molar-refractivity contribution in [2.75, 3.05) is 11.9 Å². The molecular formula is C14H14N4O2S. The lowest BCUT2D eigenvalue weighted by Gasteiger charge is -2.02. The lowest BCUT2D eigenvalue weighted by atomic mass is 10.2. The van der Waals surface area contributed by atoms with Crippen molar-refractivity contribution >= 4 is 22.4 Å². The van der Waals surface area contributed by atoms with Crippen LogP contribution in [0.4, 0.5) is 5.13 Å². The number of nitrogens with one attached hydrogen (secondary N) is 1. The molecule has 0 unspecified atom stereocenters. The van der Waals surface area contributed by atoms with Crippen LogP contribution < -0.4 is 5.32 Å². The van der Waals surface area contributed by atoms with Gasteiger partial charge in [-0.1, -0.05) is 30.1 Å². The molecule has 1 amide bonds. The van der Waals surface area contributed by atoms with Crippen molar-refractivity contribution in [1.82, 2.24) is 15.2 Å². The third-order valence-corrected chi connectivity index (χ3v) is 3.46. The van der Waals surface area contributed by atoms with E-state index in [9.17, 15) is 4.79 Å². The molecular weight excluding hydrogens is 288 g/mol. The van der Waals surface area contributed by atoms with Gasteiger partial charge in [0, 0.05) is 12.6 Å². The number of nitrogens with zero attached hydrogens (tertiary/aromatic N) is 3. The van der Waals surface area contributed by atoms with Crippen LogP contribution in [0, 0.1) is 11.8 Å². The summed E-state index contributed by atoms with van der Waals surface area (Å²) in [4.78, 5) is 16.3. The van der Waals surface area contributed by atoms with Crippen molar-refractivity contribution < 1.29 is 9.90 Å². The molecule has 21 heavy (non-hydrogen) atoms. The lowest BCUT2D eigenvalue weighted by molar-refractivity contribution is 0.102. The number of carbonyl (C=O) groups is 1. The van der Waals surface area contributed by atoms with Crippen molar-refractivity contribution in [1.29, 1.82) is 0 Å². The molecule has 6 nitrogen and oxygen atoms in total. The van der Waals surface area contributed by atoms with E-state index in [-0.39, 0.29) is 18.2 Å². The van der Waals surface area contributed by atoms with Crippen LogP contribution in [-0.4, -0.2) is 32.8 Å². The maximum atomic E-state index is 12.2. The summed E-state index contributed by atoms with van der Waals surface area (Å²) < 4.78 is 0. The van der Waals surface area contributed by atoms with Crippen LogP contribution in [0.3, 0.4) is 0 Å². The zero-order valence-corrected chi connectivity index (χ0v) is 12.3. The minimum atomic E-state index is -0.372. The average molecular weight is 302 g/mol. The first kappa shape index (κ1) is 15.1. The standard InChI is InChI=1S/C14H14N4O2S/c1-2-11-17-18-14(21-11)16-13(20)12-10(6-3-4-9-19)7-5-8-15-12/h5,7-8,19H,2,4,9H2,1H3,(H,16,18,20). The van der Waals surface area contributed by atoms with E-state index in [2.05, 4.69) is 32.3 Å². The maximum Gasteiger partial charge on any atom is 0.277 e. The SMILES string of the molecule is CCc1nnc(NC(=O)c2ncccc2C#CCCO)s1. The van der Waals surface area contributed by atoms with Gasteiger partial charge in [0.15, 0.2) is 0 Å². The second-order valence-electron chi connectivity index (χ2n) is 3.98. The minimum Gasteiger partial charge on any atom is -0.395 e. The Morgan fingerprint density at radius 3 is 3.05 bits per heavy atom. The summed E-state index contributed by atoms with van der Waals surface area (Å²) >= 11 is 1.33. The number of aliphatic hydroxyl groups is 1. The average Bonchev–Trinajstić information content (AvgIpc) is 2.95. The van der Waals surface area contributed by atoms with Crippen LogP contribution in [0.25, 0.3) is 0 Å². The summed E-state index contributed by atoms with van der Waals surface area (Å²) in [6, 6.07) is 3.42. The number of pyridine rings is 1. The molecule has 2 N–H and O–H groups in total. The van der Waals surface area contributed by atoms with Crippen molar-refractivity contribution in [2.24, 2.45) is 0 Å². The van der Waals surface area contributed by atoms with Gasteiger partial charge in [-0.25, -0.2) is 4.98 Å². The molecule has 0 aliphatic heterocycles. The Bertz CT molecular complexity index is 688. The smallest absolute Gasteiger partial charge is 0.277 e. The molecule has 0 aromatic carbocycles. The van der Waals surface area contributed by atoms with Crippen LogP contribution in [0.1, 0.15) is 34.4 Å². The fourth-order valence-corrected chi connectivity index (χ4v) is 2.18. The van der Waals surface area contributed by atoms with Crippen LogP contribution in [-0.2, 0) is 6.42 Å². The number of rotatable bonds is 4. The summed E-state index contributed by atoms with van der Waals surface area (Å²) in [5.74, 6) is 5.24. The summed E-state index contributed by atoms with van der Waals surface area (Å²) in [7, 11) is 0. The lowest BCUT2D eigenvalue weighted by Crippen LogP contribution is -2.15. The van der Waals surface area contributed by atoms with Gasteiger partial charge >= 0.3 is 0 Å². The number of aromatic nitrogens is 3. The molecule has 2 aromatic heterocycles. The van der Waals surface area contributed by atoms with E-state index in [1.54, 1.807) is 12.1 Å². The van der Waals surface area contributed by atoms with Gasteiger partial charge in [0.2, 0.25) is 5.13 Å². The number of aliphatic hydroxyl groups excluding tert-OH is 1. The molecule has 0 saturated carbocycles. The summed E-state index contributed by atoms with van der Waals surface area (Å²) in [6.45, 7) is 1.96. The molecule has 2 heterocycles. The molecule has 0 saturated heterocycles. The van der Waals surface area contributed by atoms with Crippen LogP contribution in [0.5, 0.6) is 0 Å². The highest BCUT2D eigenvalue weighted by molar-refractivity contribution is 7.15. The topological polar surface area (TPSA) is 88.0 Å². The van der Waals surface area contributed by atoms with Gasteiger partial charge in [0.25, 0.3) is 5.91 Å². The second-order valence-corrected chi connectivity index (χ2v) is 5.05.